The third kappa shape index (κ3) is 2.80. The Morgan fingerprint density at radius 3 is 3.00 bits per heavy atom. The van der Waals surface area contributed by atoms with Gasteiger partial charge in [0.1, 0.15) is 5.69 Å². The number of hydrogen-bond donors (Lipinski definition) is 1. The fourth-order valence-corrected chi connectivity index (χ4v) is 1.38. The quantitative estimate of drug-likeness (QED) is 0.903. The summed E-state index contributed by atoms with van der Waals surface area (Å²) in [7, 11) is 0. The van der Waals surface area contributed by atoms with E-state index >= 15 is 0 Å². The predicted molar refractivity (Wildman–Crippen MR) is 59.2 cm³/mol. The Labute approximate surface area is 92.1 Å². The van der Waals surface area contributed by atoms with Crippen molar-refractivity contribution in [1.29, 1.82) is 0 Å². The summed E-state index contributed by atoms with van der Waals surface area (Å²) in [5.41, 5.74) is 0.438. The number of amides is 1. The second-order valence-corrected chi connectivity index (χ2v) is 3.97. The SMILES string of the molecule is CCC(C)NC(=O)c1ncccc1Br. The van der Waals surface area contributed by atoms with E-state index in [1.165, 1.54) is 0 Å². The molecule has 0 spiro atoms. The van der Waals surface area contributed by atoms with Crippen LogP contribution in [0.2, 0.25) is 0 Å². The molecule has 76 valence electrons. The van der Waals surface area contributed by atoms with Gasteiger partial charge in [-0.15, -0.1) is 0 Å². The topological polar surface area (TPSA) is 42.0 Å². The van der Waals surface area contributed by atoms with E-state index in [0.29, 0.717) is 5.69 Å². The molecule has 4 heteroatoms. The van der Waals surface area contributed by atoms with Crippen molar-refractivity contribution in [3.63, 3.8) is 0 Å². The van der Waals surface area contributed by atoms with Crippen LogP contribution in [-0.2, 0) is 0 Å². The maximum atomic E-state index is 11.6. The van der Waals surface area contributed by atoms with Crippen molar-refractivity contribution in [3.8, 4) is 0 Å². The summed E-state index contributed by atoms with van der Waals surface area (Å²) >= 11 is 3.29. The van der Waals surface area contributed by atoms with Gasteiger partial charge in [-0.25, -0.2) is 4.98 Å². The lowest BCUT2D eigenvalue weighted by Gasteiger charge is -2.11. The van der Waals surface area contributed by atoms with E-state index in [-0.39, 0.29) is 11.9 Å². The van der Waals surface area contributed by atoms with Crippen molar-refractivity contribution >= 4 is 21.8 Å². The Kier molecular flexibility index (Phi) is 4.07. The number of carbonyl (C=O) groups excluding carboxylic acids is 1. The van der Waals surface area contributed by atoms with Crippen LogP contribution in [0.15, 0.2) is 22.8 Å². The molecule has 0 radical (unpaired) electrons. The first kappa shape index (κ1) is 11.2. The van der Waals surface area contributed by atoms with Gasteiger partial charge in [-0.05, 0) is 41.4 Å². The Morgan fingerprint density at radius 1 is 1.71 bits per heavy atom. The number of nitrogens with one attached hydrogen (secondary N) is 1. The molecule has 0 aromatic carbocycles. The van der Waals surface area contributed by atoms with Crippen molar-refractivity contribution < 1.29 is 4.79 Å². The van der Waals surface area contributed by atoms with E-state index in [1.54, 1.807) is 18.3 Å². The number of carbonyl (C=O) groups is 1. The number of hydrogen-bond acceptors (Lipinski definition) is 2. The minimum absolute atomic E-state index is 0.133. The molecule has 1 atom stereocenters. The highest BCUT2D eigenvalue weighted by Crippen LogP contribution is 2.13. The highest BCUT2D eigenvalue weighted by molar-refractivity contribution is 9.10. The van der Waals surface area contributed by atoms with E-state index in [2.05, 4.69) is 26.2 Å². The summed E-state index contributed by atoms with van der Waals surface area (Å²) in [4.78, 5) is 15.6. The second kappa shape index (κ2) is 5.10. The van der Waals surface area contributed by atoms with Gasteiger partial charge in [-0.1, -0.05) is 6.92 Å². The fraction of sp³-hybridized carbons (Fsp3) is 0.400. The number of aromatic nitrogens is 1. The minimum atomic E-state index is -0.133. The van der Waals surface area contributed by atoms with Gasteiger partial charge in [0.2, 0.25) is 0 Å². The smallest absolute Gasteiger partial charge is 0.271 e. The van der Waals surface area contributed by atoms with E-state index in [9.17, 15) is 4.79 Å². The normalized spacial score (nSPS) is 12.2. The van der Waals surface area contributed by atoms with Gasteiger partial charge in [-0.3, -0.25) is 4.79 Å². The van der Waals surface area contributed by atoms with Crippen molar-refractivity contribution in [1.82, 2.24) is 10.3 Å². The summed E-state index contributed by atoms with van der Waals surface area (Å²) in [5, 5.41) is 2.86. The largest absolute Gasteiger partial charge is 0.348 e. The molecule has 1 heterocycles. The predicted octanol–water partition coefficient (Wildman–Crippen LogP) is 2.37. The first-order valence-electron chi connectivity index (χ1n) is 4.56. The summed E-state index contributed by atoms with van der Waals surface area (Å²) in [5.74, 6) is -0.133. The first-order valence-corrected chi connectivity index (χ1v) is 5.35. The van der Waals surface area contributed by atoms with Crippen LogP contribution in [0.5, 0.6) is 0 Å². The molecule has 1 N–H and O–H groups in total. The van der Waals surface area contributed by atoms with E-state index in [1.807, 2.05) is 13.8 Å². The molecule has 1 amide bonds. The molecule has 0 saturated carbocycles. The van der Waals surface area contributed by atoms with Gasteiger partial charge < -0.3 is 5.32 Å². The Bertz CT molecular complexity index is 328. The van der Waals surface area contributed by atoms with Crippen LogP contribution in [0.25, 0.3) is 0 Å². The fourth-order valence-electron chi connectivity index (χ4n) is 0.947. The molecule has 0 fully saturated rings. The number of halogens is 1. The lowest BCUT2D eigenvalue weighted by atomic mass is 10.2. The van der Waals surface area contributed by atoms with Gasteiger partial charge in [-0.2, -0.15) is 0 Å². The standard InChI is InChI=1S/C10H13BrN2O/c1-3-7(2)13-10(14)9-8(11)5-4-6-12-9/h4-7H,3H2,1-2H3,(H,13,14). The zero-order chi connectivity index (χ0) is 10.6. The van der Waals surface area contributed by atoms with Crippen LogP contribution < -0.4 is 5.32 Å². The van der Waals surface area contributed by atoms with Gasteiger partial charge >= 0.3 is 0 Å². The Balaban J connectivity index is 2.75. The van der Waals surface area contributed by atoms with Crippen LogP contribution in [-0.4, -0.2) is 16.9 Å². The number of pyridine rings is 1. The highest BCUT2D eigenvalue weighted by atomic mass is 79.9. The van der Waals surface area contributed by atoms with Crippen molar-refractivity contribution in [2.45, 2.75) is 26.3 Å². The molecule has 0 aliphatic carbocycles. The molecule has 1 aromatic rings. The van der Waals surface area contributed by atoms with Gasteiger partial charge in [0.15, 0.2) is 0 Å². The molecule has 1 unspecified atom stereocenters. The molecule has 1 aromatic heterocycles. The van der Waals surface area contributed by atoms with Gasteiger partial charge in [0, 0.05) is 16.7 Å². The average molecular weight is 257 g/mol. The molecule has 14 heavy (non-hydrogen) atoms. The maximum absolute atomic E-state index is 11.6. The molecule has 1 rings (SSSR count). The molecule has 3 nitrogen and oxygen atoms in total. The first-order chi connectivity index (χ1) is 6.65. The molecular weight excluding hydrogens is 244 g/mol. The van der Waals surface area contributed by atoms with Crippen LogP contribution in [0.1, 0.15) is 30.8 Å². The number of nitrogens with zero attached hydrogens (tertiary/aromatic N) is 1. The number of rotatable bonds is 3. The van der Waals surface area contributed by atoms with Crippen LogP contribution in [0, 0.1) is 0 Å². The van der Waals surface area contributed by atoms with Gasteiger partial charge in [0.05, 0.1) is 0 Å². The lowest BCUT2D eigenvalue weighted by Crippen LogP contribution is -2.32. The average Bonchev–Trinajstić information content (AvgIpc) is 2.18. The Morgan fingerprint density at radius 2 is 2.43 bits per heavy atom. The zero-order valence-corrected chi connectivity index (χ0v) is 9.84. The van der Waals surface area contributed by atoms with Gasteiger partial charge in [0.25, 0.3) is 5.91 Å². The van der Waals surface area contributed by atoms with E-state index in [0.717, 1.165) is 10.9 Å². The van der Waals surface area contributed by atoms with E-state index in [4.69, 9.17) is 0 Å². The molecule has 0 aliphatic heterocycles. The van der Waals surface area contributed by atoms with Crippen LogP contribution >= 0.6 is 15.9 Å². The zero-order valence-electron chi connectivity index (χ0n) is 8.25. The van der Waals surface area contributed by atoms with Crippen molar-refractivity contribution in [2.24, 2.45) is 0 Å². The molecule has 0 aliphatic rings. The van der Waals surface area contributed by atoms with E-state index < -0.39 is 0 Å². The summed E-state index contributed by atoms with van der Waals surface area (Å²) in [6, 6.07) is 3.76. The van der Waals surface area contributed by atoms with Crippen molar-refractivity contribution in [3.05, 3.63) is 28.5 Å². The van der Waals surface area contributed by atoms with Crippen molar-refractivity contribution in [2.75, 3.05) is 0 Å². The summed E-state index contributed by atoms with van der Waals surface area (Å²) in [6.07, 6.45) is 2.52. The highest BCUT2D eigenvalue weighted by Gasteiger charge is 2.12. The van der Waals surface area contributed by atoms with Crippen LogP contribution in [0.4, 0.5) is 0 Å². The second-order valence-electron chi connectivity index (χ2n) is 3.12. The summed E-state index contributed by atoms with van der Waals surface area (Å²) in [6.45, 7) is 3.99. The Hall–Kier alpha value is -0.900. The minimum Gasteiger partial charge on any atom is -0.348 e. The molecule has 0 bridgehead atoms. The van der Waals surface area contributed by atoms with Crippen LogP contribution in [0.3, 0.4) is 0 Å². The molecule has 0 saturated heterocycles. The monoisotopic (exact) mass is 256 g/mol. The summed E-state index contributed by atoms with van der Waals surface area (Å²) < 4.78 is 0.723. The third-order valence-corrected chi connectivity index (χ3v) is 2.60. The third-order valence-electron chi connectivity index (χ3n) is 1.96. The lowest BCUT2D eigenvalue weighted by molar-refractivity contribution is 0.0933. The maximum Gasteiger partial charge on any atom is 0.271 e. The molecular formula is C10H13BrN2O.